The van der Waals surface area contributed by atoms with E-state index in [1.807, 2.05) is 0 Å². The first-order valence-electron chi connectivity index (χ1n) is 5.97. The maximum Gasteiger partial charge on any atom is 0.339 e. The van der Waals surface area contributed by atoms with Crippen molar-refractivity contribution in [2.24, 2.45) is 0 Å². The van der Waals surface area contributed by atoms with Gasteiger partial charge in [-0.2, -0.15) is 0 Å². The van der Waals surface area contributed by atoms with Crippen molar-refractivity contribution in [1.29, 1.82) is 0 Å². The van der Waals surface area contributed by atoms with Crippen LogP contribution in [0.1, 0.15) is 28.5 Å². The molecule has 0 N–H and O–H groups in total. The second-order valence-corrected chi connectivity index (χ2v) is 4.11. The van der Waals surface area contributed by atoms with Crippen molar-refractivity contribution >= 4 is 22.9 Å². The molecule has 2 aromatic rings. The summed E-state index contributed by atoms with van der Waals surface area (Å²) in [4.78, 5) is 16.0. The predicted octanol–water partition coefficient (Wildman–Crippen LogP) is 3.50. The van der Waals surface area contributed by atoms with Crippen molar-refractivity contribution < 1.29 is 13.9 Å². The van der Waals surface area contributed by atoms with Crippen LogP contribution in [0.25, 0.3) is 17.0 Å². The Balaban J connectivity index is 2.63. The van der Waals surface area contributed by atoms with E-state index < -0.39 is 5.97 Å². The Morgan fingerprint density at radius 1 is 1.47 bits per heavy atom. The van der Waals surface area contributed by atoms with Gasteiger partial charge < -0.3 is 4.74 Å². The first kappa shape index (κ1) is 13.2. The summed E-state index contributed by atoms with van der Waals surface area (Å²) in [5, 5.41) is 0.685. The number of halogens is 1. The number of hydrogen-bond acceptors (Lipinski definition) is 3. The standard InChI is InChI=1S/C15H14FNO2/c1-4-10-6-11-7-12(15(18)19-5-2)9(3)17-14(11)8-13(10)16/h4,6-8H,1,5H2,2-3H3. The van der Waals surface area contributed by atoms with Crippen molar-refractivity contribution in [1.82, 2.24) is 4.98 Å². The number of benzene rings is 1. The minimum atomic E-state index is -0.418. The molecule has 1 heterocycles. The summed E-state index contributed by atoms with van der Waals surface area (Å²) in [7, 11) is 0. The van der Waals surface area contributed by atoms with E-state index in [0.29, 0.717) is 34.3 Å². The summed E-state index contributed by atoms with van der Waals surface area (Å²) in [6.07, 6.45) is 1.43. The van der Waals surface area contributed by atoms with Gasteiger partial charge in [-0.25, -0.2) is 9.18 Å². The van der Waals surface area contributed by atoms with Gasteiger partial charge in [0.2, 0.25) is 0 Å². The molecule has 0 amide bonds. The number of hydrogen-bond donors (Lipinski definition) is 0. The molecule has 0 fully saturated rings. The molecule has 0 aliphatic carbocycles. The highest BCUT2D eigenvalue weighted by molar-refractivity contribution is 5.95. The molecular weight excluding hydrogens is 245 g/mol. The Morgan fingerprint density at radius 2 is 2.21 bits per heavy atom. The van der Waals surface area contributed by atoms with E-state index >= 15 is 0 Å². The summed E-state index contributed by atoms with van der Waals surface area (Å²) < 4.78 is 18.6. The third kappa shape index (κ3) is 2.47. The monoisotopic (exact) mass is 259 g/mol. The maximum atomic E-state index is 13.6. The van der Waals surface area contributed by atoms with E-state index in [-0.39, 0.29) is 5.82 Å². The van der Waals surface area contributed by atoms with Gasteiger partial charge >= 0.3 is 5.97 Å². The number of nitrogens with zero attached hydrogens (tertiary/aromatic N) is 1. The van der Waals surface area contributed by atoms with Gasteiger partial charge in [0.05, 0.1) is 23.4 Å². The van der Waals surface area contributed by atoms with Crippen molar-refractivity contribution in [3.8, 4) is 0 Å². The van der Waals surface area contributed by atoms with Crippen LogP contribution in [0.15, 0.2) is 24.8 Å². The van der Waals surface area contributed by atoms with Crippen molar-refractivity contribution in [2.45, 2.75) is 13.8 Å². The van der Waals surface area contributed by atoms with Gasteiger partial charge in [0, 0.05) is 17.0 Å². The minimum Gasteiger partial charge on any atom is -0.462 e. The zero-order valence-corrected chi connectivity index (χ0v) is 10.9. The number of aromatic nitrogens is 1. The average Bonchev–Trinajstić information content (AvgIpc) is 2.37. The number of rotatable bonds is 3. The van der Waals surface area contributed by atoms with E-state index in [2.05, 4.69) is 11.6 Å². The van der Waals surface area contributed by atoms with E-state index in [0.717, 1.165) is 0 Å². The molecule has 0 saturated carbocycles. The van der Waals surface area contributed by atoms with Crippen LogP contribution >= 0.6 is 0 Å². The molecule has 4 heteroatoms. The molecule has 0 saturated heterocycles. The zero-order valence-electron chi connectivity index (χ0n) is 10.9. The van der Waals surface area contributed by atoms with Gasteiger partial charge in [-0.3, -0.25) is 4.98 Å². The van der Waals surface area contributed by atoms with Crippen LogP contribution in [0.2, 0.25) is 0 Å². The first-order valence-corrected chi connectivity index (χ1v) is 5.97. The second kappa shape index (κ2) is 5.18. The van der Waals surface area contributed by atoms with Gasteiger partial charge in [-0.05, 0) is 26.0 Å². The van der Waals surface area contributed by atoms with Crippen molar-refractivity contribution in [3.05, 3.63) is 47.4 Å². The Labute approximate surface area is 110 Å². The SMILES string of the molecule is C=Cc1cc2cc(C(=O)OCC)c(C)nc2cc1F. The lowest BCUT2D eigenvalue weighted by Crippen LogP contribution is -2.08. The molecular formula is C15H14FNO2. The number of carbonyl (C=O) groups excluding carboxylic acids is 1. The van der Waals surface area contributed by atoms with Crippen LogP contribution in [-0.2, 0) is 4.74 Å². The zero-order chi connectivity index (χ0) is 14.0. The molecule has 0 atom stereocenters. The highest BCUT2D eigenvalue weighted by Gasteiger charge is 2.13. The van der Waals surface area contributed by atoms with Gasteiger partial charge in [-0.15, -0.1) is 0 Å². The fourth-order valence-electron chi connectivity index (χ4n) is 1.88. The average molecular weight is 259 g/mol. The number of aryl methyl sites for hydroxylation is 1. The van der Waals surface area contributed by atoms with E-state index in [1.165, 1.54) is 12.1 Å². The topological polar surface area (TPSA) is 39.2 Å². The van der Waals surface area contributed by atoms with Crippen LogP contribution in [0.4, 0.5) is 4.39 Å². The van der Waals surface area contributed by atoms with Gasteiger partial charge in [-0.1, -0.05) is 12.7 Å². The molecule has 0 aliphatic heterocycles. The number of esters is 1. The lowest BCUT2D eigenvalue weighted by atomic mass is 10.1. The number of fused-ring (bicyclic) bond motifs is 1. The van der Waals surface area contributed by atoms with E-state index in [9.17, 15) is 9.18 Å². The molecule has 19 heavy (non-hydrogen) atoms. The van der Waals surface area contributed by atoms with Crippen LogP contribution in [0.5, 0.6) is 0 Å². The van der Waals surface area contributed by atoms with Gasteiger partial charge in [0.15, 0.2) is 0 Å². The van der Waals surface area contributed by atoms with Crippen LogP contribution < -0.4 is 0 Å². The number of pyridine rings is 1. The summed E-state index contributed by atoms with van der Waals surface area (Å²) in [6, 6.07) is 4.63. The van der Waals surface area contributed by atoms with Crippen molar-refractivity contribution in [2.75, 3.05) is 6.61 Å². The molecule has 1 aromatic carbocycles. The highest BCUT2D eigenvalue weighted by Crippen LogP contribution is 2.21. The van der Waals surface area contributed by atoms with Gasteiger partial charge in [0.25, 0.3) is 0 Å². The smallest absolute Gasteiger partial charge is 0.339 e. The highest BCUT2D eigenvalue weighted by atomic mass is 19.1. The summed E-state index contributed by atoms with van der Waals surface area (Å²) in [6.45, 7) is 7.30. The van der Waals surface area contributed by atoms with Gasteiger partial charge in [0.1, 0.15) is 5.82 Å². The van der Waals surface area contributed by atoms with Crippen LogP contribution in [0, 0.1) is 12.7 Å². The predicted molar refractivity (Wildman–Crippen MR) is 72.5 cm³/mol. The largest absolute Gasteiger partial charge is 0.462 e. The lowest BCUT2D eigenvalue weighted by molar-refractivity contribution is 0.0525. The third-order valence-electron chi connectivity index (χ3n) is 2.84. The molecule has 1 aromatic heterocycles. The Bertz CT molecular complexity index is 665. The lowest BCUT2D eigenvalue weighted by Gasteiger charge is -2.08. The van der Waals surface area contributed by atoms with E-state index in [1.54, 1.807) is 26.0 Å². The molecule has 0 aliphatic rings. The molecule has 0 unspecified atom stereocenters. The molecule has 0 spiro atoms. The fourth-order valence-corrected chi connectivity index (χ4v) is 1.88. The Hall–Kier alpha value is -2.23. The second-order valence-electron chi connectivity index (χ2n) is 4.11. The summed E-state index contributed by atoms with van der Waals surface area (Å²) in [5.74, 6) is -0.794. The quantitative estimate of drug-likeness (QED) is 0.792. The Kier molecular flexibility index (Phi) is 3.60. The van der Waals surface area contributed by atoms with E-state index in [4.69, 9.17) is 4.74 Å². The minimum absolute atomic E-state index is 0.303. The number of carbonyl (C=O) groups is 1. The summed E-state index contributed by atoms with van der Waals surface area (Å²) in [5.41, 5.74) is 1.81. The Morgan fingerprint density at radius 3 is 2.84 bits per heavy atom. The molecule has 0 radical (unpaired) electrons. The van der Waals surface area contributed by atoms with Crippen LogP contribution in [0.3, 0.4) is 0 Å². The normalized spacial score (nSPS) is 10.5. The number of ether oxygens (including phenoxy) is 1. The van der Waals surface area contributed by atoms with Crippen molar-refractivity contribution in [3.63, 3.8) is 0 Å². The molecule has 98 valence electrons. The summed E-state index contributed by atoms with van der Waals surface area (Å²) >= 11 is 0. The third-order valence-corrected chi connectivity index (χ3v) is 2.84. The fraction of sp³-hybridized carbons (Fsp3) is 0.200. The first-order chi connectivity index (χ1) is 9.06. The molecule has 0 bridgehead atoms. The molecule has 3 nitrogen and oxygen atoms in total. The molecule has 2 rings (SSSR count). The maximum absolute atomic E-state index is 13.6. The van der Waals surface area contributed by atoms with Crippen LogP contribution in [-0.4, -0.2) is 17.6 Å².